The van der Waals surface area contributed by atoms with Gasteiger partial charge in [0.25, 0.3) is 5.56 Å². The Hall–Kier alpha value is -1.32. The van der Waals surface area contributed by atoms with Gasteiger partial charge in [0.15, 0.2) is 5.82 Å². The lowest BCUT2D eigenvalue weighted by atomic mass is 9.84. The fourth-order valence-electron chi connectivity index (χ4n) is 2.44. The Labute approximate surface area is 95.5 Å². The molecule has 16 heavy (non-hydrogen) atoms. The summed E-state index contributed by atoms with van der Waals surface area (Å²) in [6, 6.07) is 0.412. The first kappa shape index (κ1) is 11.2. The summed E-state index contributed by atoms with van der Waals surface area (Å²) in [6.45, 7) is 2.24. The van der Waals surface area contributed by atoms with E-state index >= 15 is 0 Å². The highest BCUT2D eigenvalue weighted by Crippen LogP contribution is 2.27. The van der Waals surface area contributed by atoms with Crippen LogP contribution in [0.25, 0.3) is 0 Å². The lowest BCUT2D eigenvalue weighted by Gasteiger charge is -2.29. The first-order chi connectivity index (χ1) is 7.79. The van der Waals surface area contributed by atoms with Crippen LogP contribution in [0.15, 0.2) is 17.2 Å². The van der Waals surface area contributed by atoms with E-state index in [0.29, 0.717) is 11.9 Å². The third kappa shape index (κ3) is 2.62. The van der Waals surface area contributed by atoms with Crippen LogP contribution in [0.3, 0.4) is 0 Å². The molecule has 0 radical (unpaired) electrons. The molecule has 4 nitrogen and oxygen atoms in total. The van der Waals surface area contributed by atoms with Crippen molar-refractivity contribution in [3.63, 3.8) is 0 Å². The van der Waals surface area contributed by atoms with Gasteiger partial charge in [0, 0.05) is 18.4 Å². The summed E-state index contributed by atoms with van der Waals surface area (Å²) in [5.74, 6) is 1.26. The Bertz CT molecular complexity index is 388. The fraction of sp³-hybridized carbons (Fsp3) is 0.667. The summed E-state index contributed by atoms with van der Waals surface area (Å²) in [6.07, 6.45) is 9.29. The lowest BCUT2D eigenvalue weighted by molar-refractivity contribution is 0.327. The predicted molar refractivity (Wildman–Crippen MR) is 64.5 cm³/mol. The molecule has 2 rings (SSSR count). The SMILES string of the molecule is CCC1CCCC(Nc2ncc[nH]c2=O)C1. The Morgan fingerprint density at radius 3 is 3.19 bits per heavy atom. The molecular weight excluding hydrogens is 202 g/mol. The van der Waals surface area contributed by atoms with Gasteiger partial charge in [-0.25, -0.2) is 4.98 Å². The minimum absolute atomic E-state index is 0.124. The van der Waals surface area contributed by atoms with Crippen molar-refractivity contribution in [1.82, 2.24) is 9.97 Å². The second kappa shape index (κ2) is 5.14. The molecule has 88 valence electrons. The number of aromatic nitrogens is 2. The average Bonchev–Trinajstić information content (AvgIpc) is 2.32. The van der Waals surface area contributed by atoms with Crippen molar-refractivity contribution in [2.45, 2.75) is 45.1 Å². The third-order valence-electron chi connectivity index (χ3n) is 3.41. The van der Waals surface area contributed by atoms with Gasteiger partial charge in [-0.15, -0.1) is 0 Å². The standard InChI is InChI=1S/C12H19N3O/c1-2-9-4-3-5-10(8-9)15-11-12(16)14-7-6-13-11/h6-7,9-10H,2-5,8H2,1H3,(H,13,15)(H,14,16). The number of aromatic amines is 1. The molecule has 2 atom stereocenters. The van der Waals surface area contributed by atoms with Crippen LogP contribution in [-0.2, 0) is 0 Å². The molecule has 1 fully saturated rings. The van der Waals surface area contributed by atoms with Crippen LogP contribution in [0.4, 0.5) is 5.82 Å². The fourth-order valence-corrected chi connectivity index (χ4v) is 2.44. The van der Waals surface area contributed by atoms with Crippen LogP contribution in [0.5, 0.6) is 0 Å². The van der Waals surface area contributed by atoms with Gasteiger partial charge in [0.1, 0.15) is 0 Å². The Morgan fingerprint density at radius 1 is 1.56 bits per heavy atom. The van der Waals surface area contributed by atoms with E-state index in [-0.39, 0.29) is 5.56 Å². The first-order valence-corrected chi connectivity index (χ1v) is 6.09. The van der Waals surface area contributed by atoms with Crippen LogP contribution in [0.2, 0.25) is 0 Å². The summed E-state index contributed by atoms with van der Waals surface area (Å²) in [7, 11) is 0. The topological polar surface area (TPSA) is 57.8 Å². The Morgan fingerprint density at radius 2 is 2.44 bits per heavy atom. The molecule has 1 aliphatic rings. The van der Waals surface area contributed by atoms with E-state index in [4.69, 9.17) is 0 Å². The van der Waals surface area contributed by atoms with Gasteiger partial charge in [-0.1, -0.05) is 26.2 Å². The summed E-state index contributed by atoms with van der Waals surface area (Å²) in [5.41, 5.74) is -0.124. The number of hydrogen-bond acceptors (Lipinski definition) is 3. The van der Waals surface area contributed by atoms with Gasteiger partial charge < -0.3 is 10.3 Å². The molecule has 0 saturated heterocycles. The van der Waals surface area contributed by atoms with Gasteiger partial charge in [-0.2, -0.15) is 0 Å². The normalized spacial score (nSPS) is 25.3. The number of H-pyrrole nitrogens is 1. The second-order valence-electron chi connectivity index (χ2n) is 4.55. The van der Waals surface area contributed by atoms with E-state index in [1.807, 2.05) is 0 Å². The Balaban J connectivity index is 1.99. The zero-order chi connectivity index (χ0) is 11.4. The number of nitrogens with one attached hydrogen (secondary N) is 2. The van der Waals surface area contributed by atoms with Crippen LogP contribution in [-0.4, -0.2) is 16.0 Å². The van der Waals surface area contributed by atoms with E-state index in [2.05, 4.69) is 22.2 Å². The van der Waals surface area contributed by atoms with E-state index in [1.165, 1.54) is 19.3 Å². The van der Waals surface area contributed by atoms with E-state index in [0.717, 1.165) is 18.8 Å². The summed E-state index contributed by atoms with van der Waals surface area (Å²) < 4.78 is 0. The van der Waals surface area contributed by atoms with Gasteiger partial charge in [0.05, 0.1) is 0 Å². The highest BCUT2D eigenvalue weighted by molar-refractivity contribution is 5.31. The van der Waals surface area contributed by atoms with Crippen molar-refractivity contribution in [3.05, 3.63) is 22.7 Å². The van der Waals surface area contributed by atoms with Crippen LogP contribution in [0, 0.1) is 5.92 Å². The average molecular weight is 221 g/mol. The highest BCUT2D eigenvalue weighted by Gasteiger charge is 2.21. The monoisotopic (exact) mass is 221 g/mol. The molecule has 0 aromatic carbocycles. The lowest BCUT2D eigenvalue weighted by Crippen LogP contribution is -2.30. The molecule has 4 heteroatoms. The van der Waals surface area contributed by atoms with Gasteiger partial charge in [0.2, 0.25) is 0 Å². The molecule has 0 bridgehead atoms. The zero-order valence-corrected chi connectivity index (χ0v) is 9.70. The van der Waals surface area contributed by atoms with Crippen molar-refractivity contribution in [2.24, 2.45) is 5.92 Å². The predicted octanol–water partition coefficient (Wildman–Crippen LogP) is 2.15. The number of anilines is 1. The van der Waals surface area contributed by atoms with Crippen LogP contribution in [0.1, 0.15) is 39.0 Å². The van der Waals surface area contributed by atoms with Crippen LogP contribution < -0.4 is 10.9 Å². The molecule has 2 unspecified atom stereocenters. The molecule has 0 spiro atoms. The second-order valence-corrected chi connectivity index (χ2v) is 4.55. The van der Waals surface area contributed by atoms with Crippen molar-refractivity contribution in [1.29, 1.82) is 0 Å². The molecule has 0 aliphatic heterocycles. The molecule has 1 heterocycles. The van der Waals surface area contributed by atoms with E-state index in [1.54, 1.807) is 12.4 Å². The molecule has 2 N–H and O–H groups in total. The van der Waals surface area contributed by atoms with Gasteiger partial charge >= 0.3 is 0 Å². The minimum atomic E-state index is -0.124. The van der Waals surface area contributed by atoms with Crippen molar-refractivity contribution >= 4 is 5.82 Å². The maximum atomic E-state index is 11.5. The highest BCUT2D eigenvalue weighted by atomic mass is 16.1. The smallest absolute Gasteiger partial charge is 0.290 e. The molecule has 1 aromatic rings. The van der Waals surface area contributed by atoms with Crippen molar-refractivity contribution < 1.29 is 0 Å². The first-order valence-electron chi connectivity index (χ1n) is 6.09. The largest absolute Gasteiger partial charge is 0.363 e. The quantitative estimate of drug-likeness (QED) is 0.822. The Kier molecular flexibility index (Phi) is 3.59. The van der Waals surface area contributed by atoms with Crippen LogP contribution >= 0.6 is 0 Å². The summed E-state index contributed by atoms with van der Waals surface area (Å²) in [4.78, 5) is 18.2. The van der Waals surface area contributed by atoms with Gasteiger partial charge in [-0.3, -0.25) is 4.79 Å². The van der Waals surface area contributed by atoms with Gasteiger partial charge in [-0.05, 0) is 18.8 Å². The number of hydrogen-bond donors (Lipinski definition) is 2. The maximum Gasteiger partial charge on any atom is 0.290 e. The molecule has 1 aliphatic carbocycles. The maximum absolute atomic E-state index is 11.5. The van der Waals surface area contributed by atoms with E-state index in [9.17, 15) is 4.79 Å². The minimum Gasteiger partial charge on any atom is -0.363 e. The third-order valence-corrected chi connectivity index (χ3v) is 3.41. The zero-order valence-electron chi connectivity index (χ0n) is 9.70. The van der Waals surface area contributed by atoms with Crippen molar-refractivity contribution in [2.75, 3.05) is 5.32 Å². The number of rotatable bonds is 3. The van der Waals surface area contributed by atoms with E-state index < -0.39 is 0 Å². The molecule has 1 aromatic heterocycles. The molecular formula is C12H19N3O. The summed E-state index contributed by atoms with van der Waals surface area (Å²) in [5, 5.41) is 3.26. The molecule has 0 amide bonds. The number of nitrogens with zero attached hydrogens (tertiary/aromatic N) is 1. The molecule has 1 saturated carbocycles. The van der Waals surface area contributed by atoms with Crippen molar-refractivity contribution in [3.8, 4) is 0 Å². The summed E-state index contributed by atoms with van der Waals surface area (Å²) >= 11 is 0.